The first-order valence-corrected chi connectivity index (χ1v) is 7.90. The molecule has 0 fully saturated rings. The predicted molar refractivity (Wildman–Crippen MR) is 89.5 cm³/mol. The van der Waals surface area contributed by atoms with Gasteiger partial charge in [0, 0.05) is 5.39 Å². The van der Waals surface area contributed by atoms with Crippen LogP contribution in [0.4, 0.5) is 0 Å². The van der Waals surface area contributed by atoms with E-state index in [0.717, 1.165) is 16.7 Å². The Labute approximate surface area is 139 Å². The van der Waals surface area contributed by atoms with Gasteiger partial charge in [0.1, 0.15) is 18.8 Å². The van der Waals surface area contributed by atoms with Gasteiger partial charge in [-0.1, -0.05) is 24.3 Å². The molecular formula is C19H17NO4. The lowest BCUT2D eigenvalue weighted by Gasteiger charge is -2.20. The van der Waals surface area contributed by atoms with Gasteiger partial charge in [-0.2, -0.15) is 0 Å². The van der Waals surface area contributed by atoms with Crippen LogP contribution in [0.2, 0.25) is 0 Å². The Hall–Kier alpha value is -2.95. The normalized spacial score (nSPS) is 14.4. The zero-order valence-electron chi connectivity index (χ0n) is 13.2. The molecule has 4 rings (SSSR count). The summed E-state index contributed by atoms with van der Waals surface area (Å²) in [5, 5.41) is 3.86. The number of rotatable bonds is 3. The topological polar surface area (TPSA) is 60.7 Å². The smallest absolute Gasteiger partial charge is 0.287 e. The van der Waals surface area contributed by atoms with E-state index in [1.165, 1.54) is 0 Å². The molecule has 0 bridgehead atoms. The first-order valence-electron chi connectivity index (χ1n) is 7.90. The molecule has 1 amide bonds. The molecule has 1 aliphatic heterocycles. The van der Waals surface area contributed by atoms with E-state index in [-0.39, 0.29) is 11.9 Å². The van der Waals surface area contributed by atoms with Crippen LogP contribution in [0, 0.1) is 0 Å². The molecule has 3 aromatic rings. The molecule has 0 radical (unpaired) electrons. The number of para-hydroxylation sites is 1. The summed E-state index contributed by atoms with van der Waals surface area (Å²) in [5.41, 5.74) is 1.65. The van der Waals surface area contributed by atoms with Crippen LogP contribution in [0.3, 0.4) is 0 Å². The Morgan fingerprint density at radius 2 is 1.83 bits per heavy atom. The maximum atomic E-state index is 12.4. The van der Waals surface area contributed by atoms with E-state index in [0.29, 0.717) is 30.3 Å². The third-order valence-electron chi connectivity index (χ3n) is 4.06. The summed E-state index contributed by atoms with van der Waals surface area (Å²) in [6.07, 6.45) is 0. The summed E-state index contributed by atoms with van der Waals surface area (Å²) >= 11 is 0. The van der Waals surface area contributed by atoms with Crippen LogP contribution >= 0.6 is 0 Å². The van der Waals surface area contributed by atoms with Gasteiger partial charge in [0.15, 0.2) is 17.3 Å². The predicted octanol–water partition coefficient (Wildman–Crippen LogP) is 3.70. The molecule has 5 heteroatoms. The van der Waals surface area contributed by atoms with Crippen LogP contribution in [0.1, 0.15) is 29.1 Å². The molecule has 24 heavy (non-hydrogen) atoms. The number of benzene rings is 2. The molecule has 0 saturated carbocycles. The Balaban J connectivity index is 1.52. The first kappa shape index (κ1) is 14.6. The van der Waals surface area contributed by atoms with Crippen LogP contribution in [0.15, 0.2) is 52.9 Å². The standard InChI is InChI=1S/C19H17NO4/c1-12(13-6-7-16-17(10-13)23-9-8-22-16)20-19(21)18-11-14-4-2-3-5-15(14)24-18/h2-7,10-12H,8-9H2,1H3,(H,20,21)/t12-/m1/s1. The van der Waals surface area contributed by atoms with Crippen molar-refractivity contribution in [3.63, 3.8) is 0 Å². The van der Waals surface area contributed by atoms with Crippen LogP contribution in [0.5, 0.6) is 11.5 Å². The minimum atomic E-state index is -0.242. The van der Waals surface area contributed by atoms with E-state index in [2.05, 4.69) is 5.32 Å². The number of fused-ring (bicyclic) bond motifs is 2. The van der Waals surface area contributed by atoms with Gasteiger partial charge in [0.2, 0.25) is 0 Å². The quantitative estimate of drug-likeness (QED) is 0.798. The highest BCUT2D eigenvalue weighted by Crippen LogP contribution is 2.32. The fourth-order valence-corrected chi connectivity index (χ4v) is 2.77. The minimum absolute atomic E-state index is 0.179. The molecule has 0 saturated heterocycles. The highest BCUT2D eigenvalue weighted by Gasteiger charge is 2.18. The van der Waals surface area contributed by atoms with Crippen LogP contribution in [-0.4, -0.2) is 19.1 Å². The molecule has 0 spiro atoms. The maximum absolute atomic E-state index is 12.4. The minimum Gasteiger partial charge on any atom is -0.486 e. The molecule has 2 heterocycles. The number of hydrogen-bond donors (Lipinski definition) is 1. The lowest BCUT2D eigenvalue weighted by atomic mass is 10.1. The van der Waals surface area contributed by atoms with Crippen LogP contribution in [-0.2, 0) is 0 Å². The van der Waals surface area contributed by atoms with Crippen molar-refractivity contribution in [2.45, 2.75) is 13.0 Å². The molecule has 1 aliphatic rings. The van der Waals surface area contributed by atoms with Gasteiger partial charge < -0.3 is 19.2 Å². The monoisotopic (exact) mass is 323 g/mol. The van der Waals surface area contributed by atoms with Crippen molar-refractivity contribution in [2.24, 2.45) is 0 Å². The second kappa shape index (κ2) is 5.92. The van der Waals surface area contributed by atoms with Gasteiger partial charge in [-0.3, -0.25) is 4.79 Å². The summed E-state index contributed by atoms with van der Waals surface area (Å²) in [6.45, 7) is 3.02. The summed E-state index contributed by atoms with van der Waals surface area (Å²) in [7, 11) is 0. The number of amides is 1. The second-order valence-corrected chi connectivity index (χ2v) is 5.75. The summed E-state index contributed by atoms with van der Waals surface area (Å²) in [4.78, 5) is 12.4. The Kier molecular flexibility index (Phi) is 3.61. The van der Waals surface area contributed by atoms with Crippen molar-refractivity contribution in [2.75, 3.05) is 13.2 Å². The Morgan fingerprint density at radius 3 is 2.67 bits per heavy atom. The van der Waals surface area contributed by atoms with E-state index in [9.17, 15) is 4.79 Å². The van der Waals surface area contributed by atoms with E-state index in [4.69, 9.17) is 13.9 Å². The van der Waals surface area contributed by atoms with Gasteiger partial charge in [0.25, 0.3) is 5.91 Å². The highest BCUT2D eigenvalue weighted by molar-refractivity contribution is 5.96. The van der Waals surface area contributed by atoms with Gasteiger partial charge in [-0.05, 0) is 36.8 Å². The average molecular weight is 323 g/mol. The van der Waals surface area contributed by atoms with E-state index < -0.39 is 0 Å². The number of hydrogen-bond acceptors (Lipinski definition) is 4. The third-order valence-corrected chi connectivity index (χ3v) is 4.06. The SMILES string of the molecule is C[C@@H](NC(=O)c1cc2ccccc2o1)c1ccc2c(c1)OCCO2. The highest BCUT2D eigenvalue weighted by atomic mass is 16.6. The molecule has 1 atom stereocenters. The third kappa shape index (κ3) is 2.69. The zero-order valence-corrected chi connectivity index (χ0v) is 13.2. The van der Waals surface area contributed by atoms with Crippen molar-refractivity contribution in [1.82, 2.24) is 5.32 Å². The Bertz CT molecular complexity index is 866. The average Bonchev–Trinajstić information content (AvgIpc) is 3.05. The van der Waals surface area contributed by atoms with Crippen LogP contribution in [0.25, 0.3) is 11.0 Å². The number of carbonyl (C=O) groups excluding carboxylic acids is 1. The van der Waals surface area contributed by atoms with Gasteiger partial charge in [-0.15, -0.1) is 0 Å². The lowest BCUT2D eigenvalue weighted by Crippen LogP contribution is -2.26. The van der Waals surface area contributed by atoms with Crippen molar-refractivity contribution in [3.05, 3.63) is 59.9 Å². The van der Waals surface area contributed by atoms with Crippen molar-refractivity contribution in [1.29, 1.82) is 0 Å². The van der Waals surface area contributed by atoms with Crippen molar-refractivity contribution >= 4 is 16.9 Å². The maximum Gasteiger partial charge on any atom is 0.287 e. The fraction of sp³-hybridized carbons (Fsp3) is 0.211. The number of nitrogens with one attached hydrogen (secondary N) is 1. The van der Waals surface area contributed by atoms with E-state index in [1.807, 2.05) is 49.4 Å². The molecule has 2 aromatic carbocycles. The summed E-state index contributed by atoms with van der Waals surface area (Å²) < 4.78 is 16.7. The second-order valence-electron chi connectivity index (χ2n) is 5.75. The number of ether oxygens (including phenoxy) is 2. The van der Waals surface area contributed by atoms with Crippen molar-refractivity contribution in [3.8, 4) is 11.5 Å². The molecule has 5 nitrogen and oxygen atoms in total. The summed E-state index contributed by atoms with van der Waals surface area (Å²) in [5.74, 6) is 1.51. The fourth-order valence-electron chi connectivity index (χ4n) is 2.77. The zero-order chi connectivity index (χ0) is 16.5. The number of furan rings is 1. The lowest BCUT2D eigenvalue weighted by molar-refractivity contribution is 0.0914. The summed E-state index contributed by atoms with van der Waals surface area (Å²) in [6, 6.07) is 14.8. The first-order chi connectivity index (χ1) is 11.7. The van der Waals surface area contributed by atoms with Gasteiger partial charge in [-0.25, -0.2) is 0 Å². The molecule has 1 N–H and O–H groups in total. The van der Waals surface area contributed by atoms with E-state index in [1.54, 1.807) is 6.07 Å². The molecule has 122 valence electrons. The molecule has 0 unspecified atom stereocenters. The molecular weight excluding hydrogens is 306 g/mol. The molecule has 1 aromatic heterocycles. The van der Waals surface area contributed by atoms with E-state index >= 15 is 0 Å². The largest absolute Gasteiger partial charge is 0.486 e. The Morgan fingerprint density at radius 1 is 1.04 bits per heavy atom. The van der Waals surface area contributed by atoms with Crippen LogP contribution < -0.4 is 14.8 Å². The molecule has 0 aliphatic carbocycles. The number of carbonyl (C=O) groups is 1. The van der Waals surface area contributed by atoms with Crippen molar-refractivity contribution < 1.29 is 18.7 Å². The van der Waals surface area contributed by atoms with Gasteiger partial charge in [0.05, 0.1) is 6.04 Å². The van der Waals surface area contributed by atoms with Gasteiger partial charge >= 0.3 is 0 Å².